The molecule has 1 aromatic heterocycles. The van der Waals surface area contributed by atoms with Crippen LogP contribution in [0.15, 0.2) is 41.8 Å². The molecule has 4 rings (SSSR count). The van der Waals surface area contributed by atoms with E-state index < -0.39 is 17.9 Å². The molecule has 0 bridgehead atoms. The molecule has 3 heterocycles. The Balaban J connectivity index is 1.47. The van der Waals surface area contributed by atoms with Gasteiger partial charge in [0.15, 0.2) is 0 Å². The Morgan fingerprint density at radius 1 is 1.00 bits per heavy atom. The van der Waals surface area contributed by atoms with E-state index >= 15 is 0 Å². The van der Waals surface area contributed by atoms with Crippen molar-refractivity contribution in [1.29, 1.82) is 0 Å². The van der Waals surface area contributed by atoms with Crippen LogP contribution in [0.1, 0.15) is 43.0 Å². The van der Waals surface area contributed by atoms with Gasteiger partial charge in [-0.15, -0.1) is 11.3 Å². The standard InChI is InChI=1S/C32H42N4O7S/c1-3-43-31(40)23-34(17-6-16-33-15-4-8-28(33)37)29(38)21-27-32(41)35(18-13-24-9-11-25(42-2)12-10-24)22-30(39)36(27)19-14-26-7-5-20-44-26/h5,7,9-12,20,27H,3-4,6,8,13-19,21-23H2,1-2H3. The summed E-state index contributed by atoms with van der Waals surface area (Å²) in [5.74, 6) is -0.613. The molecule has 12 heteroatoms. The quantitative estimate of drug-likeness (QED) is 0.263. The fraction of sp³-hybridized carbons (Fsp3) is 0.531. The third-order valence-corrected chi connectivity index (χ3v) is 8.94. The SMILES string of the molecule is CCOC(=O)CN(CCCN1CCCC1=O)C(=O)CC1C(=O)N(CCc2ccc(OC)cc2)CC(=O)N1CCc1cccs1. The Hall–Kier alpha value is -3.93. The van der Waals surface area contributed by atoms with Gasteiger partial charge in [0.2, 0.25) is 23.6 Å². The zero-order valence-corrected chi connectivity index (χ0v) is 26.4. The maximum atomic E-state index is 13.9. The minimum atomic E-state index is -0.982. The molecule has 1 atom stereocenters. The second-order valence-electron chi connectivity index (χ2n) is 11.0. The van der Waals surface area contributed by atoms with Gasteiger partial charge in [0, 0.05) is 44.0 Å². The van der Waals surface area contributed by atoms with E-state index in [1.807, 2.05) is 41.8 Å². The highest BCUT2D eigenvalue weighted by atomic mass is 32.1. The van der Waals surface area contributed by atoms with Crippen molar-refractivity contribution in [2.24, 2.45) is 0 Å². The van der Waals surface area contributed by atoms with Crippen molar-refractivity contribution in [2.45, 2.75) is 51.5 Å². The molecule has 2 fully saturated rings. The van der Waals surface area contributed by atoms with Gasteiger partial charge in [-0.2, -0.15) is 0 Å². The van der Waals surface area contributed by atoms with E-state index in [1.165, 1.54) is 14.7 Å². The summed E-state index contributed by atoms with van der Waals surface area (Å²) in [4.78, 5) is 72.8. The number of benzene rings is 1. The number of ether oxygens (including phenoxy) is 2. The van der Waals surface area contributed by atoms with Gasteiger partial charge in [-0.25, -0.2) is 0 Å². The van der Waals surface area contributed by atoms with E-state index in [0.29, 0.717) is 51.9 Å². The Labute approximate surface area is 262 Å². The molecular weight excluding hydrogens is 584 g/mol. The molecule has 0 saturated carbocycles. The number of carbonyl (C=O) groups excluding carboxylic acids is 5. The number of thiophene rings is 1. The molecule has 1 unspecified atom stereocenters. The monoisotopic (exact) mass is 626 g/mol. The average Bonchev–Trinajstić information content (AvgIpc) is 3.69. The van der Waals surface area contributed by atoms with E-state index in [9.17, 15) is 24.0 Å². The Morgan fingerprint density at radius 2 is 1.80 bits per heavy atom. The molecular formula is C32H42N4O7S. The molecule has 0 N–H and O–H groups in total. The van der Waals surface area contributed by atoms with Crippen LogP contribution in [-0.2, 0) is 41.6 Å². The van der Waals surface area contributed by atoms with Crippen molar-refractivity contribution < 1.29 is 33.4 Å². The molecule has 238 valence electrons. The lowest BCUT2D eigenvalue weighted by Crippen LogP contribution is -2.61. The first-order valence-corrected chi connectivity index (χ1v) is 16.1. The lowest BCUT2D eigenvalue weighted by Gasteiger charge is -2.40. The van der Waals surface area contributed by atoms with Crippen molar-refractivity contribution in [1.82, 2.24) is 19.6 Å². The second-order valence-corrected chi connectivity index (χ2v) is 12.0. The van der Waals surface area contributed by atoms with Crippen molar-refractivity contribution in [3.63, 3.8) is 0 Å². The topological polar surface area (TPSA) is 117 Å². The lowest BCUT2D eigenvalue weighted by atomic mass is 10.0. The Kier molecular flexibility index (Phi) is 12.2. The fourth-order valence-electron chi connectivity index (χ4n) is 5.60. The van der Waals surface area contributed by atoms with Gasteiger partial charge in [0.1, 0.15) is 18.3 Å². The molecule has 11 nitrogen and oxygen atoms in total. The number of esters is 1. The predicted molar refractivity (Wildman–Crippen MR) is 165 cm³/mol. The summed E-state index contributed by atoms with van der Waals surface area (Å²) in [7, 11) is 1.60. The number of amides is 4. The van der Waals surface area contributed by atoms with Crippen LogP contribution in [0, 0.1) is 0 Å². The highest BCUT2D eigenvalue weighted by molar-refractivity contribution is 7.09. The molecule has 0 radical (unpaired) electrons. The Bertz CT molecular complexity index is 1280. The number of rotatable bonds is 16. The first-order valence-electron chi connectivity index (χ1n) is 15.2. The third-order valence-electron chi connectivity index (χ3n) is 8.00. The third kappa shape index (κ3) is 9.04. The molecule has 4 amide bonds. The van der Waals surface area contributed by atoms with Crippen LogP contribution in [0.4, 0.5) is 0 Å². The normalized spacial score (nSPS) is 16.9. The van der Waals surface area contributed by atoms with Crippen molar-refractivity contribution >= 4 is 40.9 Å². The van der Waals surface area contributed by atoms with Crippen LogP contribution >= 0.6 is 11.3 Å². The van der Waals surface area contributed by atoms with Gasteiger partial charge in [-0.05, 0) is 61.7 Å². The van der Waals surface area contributed by atoms with Gasteiger partial charge in [-0.1, -0.05) is 18.2 Å². The number of methoxy groups -OCH3 is 1. The van der Waals surface area contributed by atoms with Gasteiger partial charge < -0.3 is 29.1 Å². The Morgan fingerprint density at radius 3 is 2.45 bits per heavy atom. The first-order chi connectivity index (χ1) is 21.3. The van der Waals surface area contributed by atoms with Gasteiger partial charge in [0.25, 0.3) is 0 Å². The minimum absolute atomic E-state index is 0.0550. The van der Waals surface area contributed by atoms with E-state index in [0.717, 1.165) is 22.6 Å². The van der Waals surface area contributed by atoms with E-state index in [-0.39, 0.29) is 50.4 Å². The van der Waals surface area contributed by atoms with Crippen molar-refractivity contribution in [3.05, 3.63) is 52.2 Å². The zero-order chi connectivity index (χ0) is 31.5. The molecule has 0 aliphatic carbocycles. The summed E-state index contributed by atoms with van der Waals surface area (Å²) in [5, 5.41) is 1.96. The first kappa shape index (κ1) is 33.0. The summed E-state index contributed by atoms with van der Waals surface area (Å²) in [5.41, 5.74) is 0.996. The summed E-state index contributed by atoms with van der Waals surface area (Å²) in [6, 6.07) is 10.5. The van der Waals surface area contributed by atoms with E-state index in [4.69, 9.17) is 9.47 Å². The van der Waals surface area contributed by atoms with Crippen LogP contribution in [0.25, 0.3) is 0 Å². The lowest BCUT2D eigenvalue weighted by molar-refractivity contribution is -0.159. The molecule has 44 heavy (non-hydrogen) atoms. The fourth-order valence-corrected chi connectivity index (χ4v) is 6.30. The maximum absolute atomic E-state index is 13.9. The number of piperazine rings is 1. The highest BCUT2D eigenvalue weighted by Gasteiger charge is 2.41. The van der Waals surface area contributed by atoms with Gasteiger partial charge >= 0.3 is 5.97 Å². The largest absolute Gasteiger partial charge is 0.497 e. The smallest absolute Gasteiger partial charge is 0.325 e. The summed E-state index contributed by atoms with van der Waals surface area (Å²) >= 11 is 1.58. The highest BCUT2D eigenvalue weighted by Crippen LogP contribution is 2.21. The van der Waals surface area contributed by atoms with Crippen molar-refractivity contribution in [2.75, 3.05) is 59.5 Å². The number of hydrogen-bond acceptors (Lipinski definition) is 8. The average molecular weight is 627 g/mol. The molecule has 2 aliphatic heterocycles. The van der Waals surface area contributed by atoms with Gasteiger partial charge in [-0.3, -0.25) is 24.0 Å². The van der Waals surface area contributed by atoms with Crippen LogP contribution < -0.4 is 4.74 Å². The van der Waals surface area contributed by atoms with Crippen LogP contribution in [-0.4, -0.2) is 115 Å². The minimum Gasteiger partial charge on any atom is -0.497 e. The molecule has 2 aliphatic rings. The molecule has 1 aromatic carbocycles. The number of nitrogens with zero attached hydrogens (tertiary/aromatic N) is 4. The predicted octanol–water partition coefficient (Wildman–Crippen LogP) is 2.38. The number of carbonyl (C=O) groups is 5. The number of hydrogen-bond donors (Lipinski definition) is 0. The molecule has 2 aromatic rings. The van der Waals surface area contributed by atoms with Crippen LogP contribution in [0.5, 0.6) is 5.75 Å². The molecule has 0 spiro atoms. The van der Waals surface area contributed by atoms with Gasteiger partial charge in [0.05, 0.1) is 26.7 Å². The zero-order valence-electron chi connectivity index (χ0n) is 25.6. The maximum Gasteiger partial charge on any atom is 0.325 e. The van der Waals surface area contributed by atoms with E-state index in [2.05, 4.69) is 0 Å². The number of likely N-dealkylation sites (tertiary alicyclic amines) is 1. The van der Waals surface area contributed by atoms with Crippen LogP contribution in [0.2, 0.25) is 0 Å². The summed E-state index contributed by atoms with van der Waals surface area (Å²) < 4.78 is 10.3. The summed E-state index contributed by atoms with van der Waals surface area (Å²) in [6.07, 6.45) is 2.71. The van der Waals surface area contributed by atoms with Crippen LogP contribution in [0.3, 0.4) is 0 Å². The second kappa shape index (κ2) is 16.2. The summed E-state index contributed by atoms with van der Waals surface area (Å²) in [6.45, 7) is 3.60. The van der Waals surface area contributed by atoms with Crippen molar-refractivity contribution in [3.8, 4) is 5.75 Å². The van der Waals surface area contributed by atoms with E-state index in [1.54, 1.807) is 30.3 Å². The molecule has 2 saturated heterocycles.